The van der Waals surface area contributed by atoms with Crippen LogP contribution in [-0.2, 0) is 0 Å². The van der Waals surface area contributed by atoms with E-state index in [4.69, 9.17) is 0 Å². The van der Waals surface area contributed by atoms with E-state index in [-0.39, 0.29) is 11.5 Å². The second kappa shape index (κ2) is 5.51. The van der Waals surface area contributed by atoms with Crippen LogP contribution in [0.5, 0.6) is 11.5 Å². The summed E-state index contributed by atoms with van der Waals surface area (Å²) in [6.45, 7) is 0. The molecule has 0 unspecified atom stereocenters. The fraction of sp³-hybridized carbons (Fsp3) is 0. The van der Waals surface area contributed by atoms with Gasteiger partial charge in [-0.25, -0.2) is 4.98 Å². The van der Waals surface area contributed by atoms with Gasteiger partial charge in [0.2, 0.25) is 5.65 Å². The molecule has 0 fully saturated rings. The number of nitrogens with one attached hydrogen (secondary N) is 1. The number of rotatable bonds is 3. The molecule has 2 aromatic heterocycles. The third kappa shape index (κ3) is 2.35. The summed E-state index contributed by atoms with van der Waals surface area (Å²) in [5.41, 5.74) is 5.48. The van der Waals surface area contributed by atoms with Gasteiger partial charge >= 0.3 is 0 Å². The van der Waals surface area contributed by atoms with Crippen LogP contribution in [0, 0.1) is 0 Å². The third-order valence-corrected chi connectivity index (χ3v) is 3.52. The summed E-state index contributed by atoms with van der Waals surface area (Å²) in [7, 11) is 0. The number of para-hydroxylation sites is 2. The Hall–Kier alpha value is -3.68. The van der Waals surface area contributed by atoms with E-state index < -0.39 is 0 Å². The molecule has 2 aromatic carbocycles. The molecule has 4 aromatic rings. The summed E-state index contributed by atoms with van der Waals surface area (Å²) in [6, 6.07) is 11.9. The van der Waals surface area contributed by atoms with Crippen LogP contribution in [-0.4, -0.2) is 36.0 Å². The number of benzene rings is 2. The van der Waals surface area contributed by atoms with Crippen molar-refractivity contribution in [3.8, 4) is 11.5 Å². The summed E-state index contributed by atoms with van der Waals surface area (Å²) in [5.74, 6) is 0.360. The van der Waals surface area contributed by atoms with Gasteiger partial charge < -0.3 is 10.2 Å². The maximum Gasteiger partial charge on any atom is 0.205 e. The first-order valence-electron chi connectivity index (χ1n) is 7.12. The van der Waals surface area contributed by atoms with E-state index in [0.717, 1.165) is 11.0 Å². The second-order valence-electron chi connectivity index (χ2n) is 5.09. The molecule has 0 spiro atoms. The van der Waals surface area contributed by atoms with Crippen molar-refractivity contribution in [2.75, 3.05) is 5.43 Å². The Balaban J connectivity index is 1.71. The van der Waals surface area contributed by atoms with E-state index in [1.807, 2.05) is 28.7 Å². The number of fused-ring (bicyclic) bond motifs is 3. The van der Waals surface area contributed by atoms with Crippen LogP contribution >= 0.6 is 0 Å². The number of phenolic OH excluding ortho intramolecular Hbond substituents is 2. The topological polar surface area (TPSA) is 108 Å². The van der Waals surface area contributed by atoms with E-state index in [1.54, 1.807) is 12.4 Å². The number of anilines is 1. The Morgan fingerprint density at radius 3 is 2.88 bits per heavy atom. The molecule has 4 rings (SSSR count). The van der Waals surface area contributed by atoms with E-state index in [1.165, 1.54) is 18.3 Å². The average Bonchev–Trinajstić information content (AvgIpc) is 3.07. The number of hydrogen-bond donors (Lipinski definition) is 3. The Morgan fingerprint density at radius 2 is 2.00 bits per heavy atom. The molecule has 8 heteroatoms. The van der Waals surface area contributed by atoms with Crippen molar-refractivity contribution in [1.29, 1.82) is 0 Å². The molecule has 0 saturated carbocycles. The number of hydrazone groups is 1. The highest BCUT2D eigenvalue weighted by molar-refractivity contribution is 5.85. The monoisotopic (exact) mass is 320 g/mol. The van der Waals surface area contributed by atoms with Gasteiger partial charge in [0, 0.05) is 11.6 Å². The van der Waals surface area contributed by atoms with Crippen molar-refractivity contribution in [2.45, 2.75) is 0 Å². The van der Waals surface area contributed by atoms with E-state index in [0.29, 0.717) is 17.0 Å². The molecule has 3 N–H and O–H groups in total. The number of aromatic hydroxyl groups is 2. The molecular formula is C16H12N6O2. The van der Waals surface area contributed by atoms with Crippen molar-refractivity contribution < 1.29 is 10.2 Å². The summed E-state index contributed by atoms with van der Waals surface area (Å²) < 4.78 is 1.82. The van der Waals surface area contributed by atoms with Crippen LogP contribution < -0.4 is 5.43 Å². The fourth-order valence-electron chi connectivity index (χ4n) is 2.38. The Kier molecular flexibility index (Phi) is 3.20. The van der Waals surface area contributed by atoms with Gasteiger partial charge in [-0.05, 0) is 24.3 Å². The molecule has 0 bridgehead atoms. The molecule has 0 amide bonds. The molecular weight excluding hydrogens is 308 g/mol. The van der Waals surface area contributed by atoms with Crippen molar-refractivity contribution in [2.24, 2.45) is 5.10 Å². The lowest BCUT2D eigenvalue weighted by atomic mass is 10.2. The standard InChI is InChI=1S/C16H12N6O2/c23-11-6-5-10(14(24)7-11)8-17-20-15-16-21-18-9-22(16)13-4-2-1-3-12(13)19-15/h1-9,23-24H,(H,19,20). The lowest BCUT2D eigenvalue weighted by Crippen LogP contribution is -1.99. The largest absolute Gasteiger partial charge is 0.508 e. The minimum Gasteiger partial charge on any atom is -0.508 e. The maximum absolute atomic E-state index is 9.75. The second-order valence-corrected chi connectivity index (χ2v) is 5.09. The molecule has 118 valence electrons. The van der Waals surface area contributed by atoms with Gasteiger partial charge in [0.1, 0.15) is 17.8 Å². The van der Waals surface area contributed by atoms with Crippen LogP contribution in [0.3, 0.4) is 0 Å². The molecule has 8 nitrogen and oxygen atoms in total. The van der Waals surface area contributed by atoms with Gasteiger partial charge in [-0.2, -0.15) is 5.10 Å². The predicted octanol–water partition coefficient (Wildman–Crippen LogP) is 2.13. The first-order chi connectivity index (χ1) is 11.7. The molecule has 24 heavy (non-hydrogen) atoms. The molecule has 0 radical (unpaired) electrons. The van der Waals surface area contributed by atoms with Crippen molar-refractivity contribution >= 4 is 28.7 Å². The van der Waals surface area contributed by atoms with Crippen molar-refractivity contribution in [1.82, 2.24) is 19.6 Å². The highest BCUT2D eigenvalue weighted by Crippen LogP contribution is 2.22. The molecule has 0 aliphatic heterocycles. The van der Waals surface area contributed by atoms with Gasteiger partial charge in [0.05, 0.1) is 17.2 Å². The van der Waals surface area contributed by atoms with Gasteiger partial charge in [0.15, 0.2) is 5.82 Å². The molecule has 0 saturated heterocycles. The Labute approximate surface area is 135 Å². The van der Waals surface area contributed by atoms with Crippen LogP contribution in [0.2, 0.25) is 0 Å². The number of nitrogens with zero attached hydrogens (tertiary/aromatic N) is 5. The van der Waals surface area contributed by atoms with Gasteiger partial charge in [-0.3, -0.25) is 9.83 Å². The lowest BCUT2D eigenvalue weighted by molar-refractivity contribution is 0.450. The number of phenols is 2. The van der Waals surface area contributed by atoms with Crippen LogP contribution in [0.4, 0.5) is 5.82 Å². The zero-order valence-electron chi connectivity index (χ0n) is 12.3. The Morgan fingerprint density at radius 1 is 1.12 bits per heavy atom. The van der Waals surface area contributed by atoms with Crippen LogP contribution in [0.25, 0.3) is 16.7 Å². The predicted molar refractivity (Wildman–Crippen MR) is 89.3 cm³/mol. The number of hydrogen-bond acceptors (Lipinski definition) is 7. The highest BCUT2D eigenvalue weighted by atomic mass is 16.3. The minimum absolute atomic E-state index is 0.0148. The van der Waals surface area contributed by atoms with Crippen molar-refractivity contribution in [3.05, 3.63) is 54.4 Å². The van der Waals surface area contributed by atoms with Crippen LogP contribution in [0.15, 0.2) is 53.9 Å². The minimum atomic E-state index is -0.0698. The quantitative estimate of drug-likeness (QED) is 0.394. The first kappa shape index (κ1) is 13.9. The highest BCUT2D eigenvalue weighted by Gasteiger charge is 2.09. The zero-order chi connectivity index (χ0) is 16.5. The fourth-order valence-corrected chi connectivity index (χ4v) is 2.38. The summed E-state index contributed by atoms with van der Waals surface area (Å²) >= 11 is 0. The van der Waals surface area contributed by atoms with Crippen LogP contribution in [0.1, 0.15) is 5.56 Å². The van der Waals surface area contributed by atoms with E-state index in [2.05, 4.69) is 25.7 Å². The lowest BCUT2D eigenvalue weighted by Gasteiger charge is -2.05. The maximum atomic E-state index is 9.75. The normalized spacial score (nSPS) is 11.5. The molecule has 0 atom stereocenters. The van der Waals surface area contributed by atoms with E-state index >= 15 is 0 Å². The molecule has 0 aliphatic carbocycles. The SMILES string of the molecule is Oc1ccc(C=NNc2nc3ccccc3n3cnnc23)c(O)c1. The van der Waals surface area contributed by atoms with Gasteiger partial charge in [-0.1, -0.05) is 12.1 Å². The zero-order valence-corrected chi connectivity index (χ0v) is 12.3. The van der Waals surface area contributed by atoms with Crippen molar-refractivity contribution in [3.63, 3.8) is 0 Å². The third-order valence-electron chi connectivity index (χ3n) is 3.52. The summed E-state index contributed by atoms with van der Waals surface area (Å²) in [5, 5.41) is 31.1. The molecule has 2 heterocycles. The Bertz CT molecular complexity index is 1070. The van der Waals surface area contributed by atoms with E-state index in [9.17, 15) is 10.2 Å². The van der Waals surface area contributed by atoms with Gasteiger partial charge in [0.25, 0.3) is 0 Å². The summed E-state index contributed by atoms with van der Waals surface area (Å²) in [4.78, 5) is 4.49. The van der Waals surface area contributed by atoms with Gasteiger partial charge in [-0.15, -0.1) is 10.2 Å². The molecule has 0 aliphatic rings. The average molecular weight is 320 g/mol. The summed E-state index contributed by atoms with van der Waals surface area (Å²) in [6.07, 6.45) is 3.04. The smallest absolute Gasteiger partial charge is 0.205 e. The first-order valence-corrected chi connectivity index (χ1v) is 7.12. The number of aromatic nitrogens is 4.